The molecule has 7 heteroatoms. The van der Waals surface area contributed by atoms with Crippen LogP contribution in [0.4, 0.5) is 0 Å². The van der Waals surface area contributed by atoms with Crippen LogP contribution in [-0.4, -0.2) is 13.4 Å². The fourth-order valence-electron chi connectivity index (χ4n) is 1.65. The molecule has 0 saturated heterocycles. The van der Waals surface area contributed by atoms with Crippen LogP contribution >= 0.6 is 22.9 Å². The average molecular weight is 317 g/mol. The Kier molecular flexibility index (Phi) is 4.25. The lowest BCUT2D eigenvalue weighted by Gasteiger charge is -2.07. The van der Waals surface area contributed by atoms with Gasteiger partial charge >= 0.3 is 0 Å². The monoisotopic (exact) mass is 316 g/mol. The van der Waals surface area contributed by atoms with E-state index in [4.69, 9.17) is 11.6 Å². The maximum Gasteiger partial charge on any atom is 0.252 e. The number of benzene rings is 1. The molecule has 2 rings (SSSR count). The van der Waals surface area contributed by atoms with Crippen molar-refractivity contribution in [3.63, 3.8) is 0 Å². The Hall–Kier alpha value is -0.950. The summed E-state index contributed by atoms with van der Waals surface area (Å²) in [5.41, 5.74) is 2.41. The molecule has 19 heavy (non-hydrogen) atoms. The zero-order chi connectivity index (χ0) is 14.0. The van der Waals surface area contributed by atoms with Crippen LogP contribution in [0.3, 0.4) is 0 Å². The molecule has 102 valence electrons. The second-order valence-corrected chi connectivity index (χ2v) is 7.63. The maximum absolute atomic E-state index is 12.2. The molecule has 0 aliphatic carbocycles. The van der Waals surface area contributed by atoms with E-state index in [1.807, 2.05) is 31.2 Å². The fraction of sp³-hybridized carbons (Fsp3) is 0.250. The standard InChI is InChI=1S/C12H13ClN2O2S2/c1-8-5-3-4-6-10(8)7-14-19(16,17)11-9(2)15-12(13)18-11/h3-6,14H,7H2,1-2H3. The molecule has 0 saturated carbocycles. The summed E-state index contributed by atoms with van der Waals surface area (Å²) < 4.78 is 27.3. The summed E-state index contributed by atoms with van der Waals surface area (Å²) >= 11 is 6.69. The van der Waals surface area contributed by atoms with Crippen LogP contribution in [0.25, 0.3) is 0 Å². The minimum Gasteiger partial charge on any atom is -0.229 e. The van der Waals surface area contributed by atoms with E-state index < -0.39 is 10.0 Å². The number of sulfonamides is 1. The van der Waals surface area contributed by atoms with Gasteiger partial charge in [-0.25, -0.2) is 18.1 Å². The van der Waals surface area contributed by atoms with Gasteiger partial charge in [0.1, 0.15) is 0 Å². The SMILES string of the molecule is Cc1ccccc1CNS(=O)(=O)c1sc(Cl)nc1C. The average Bonchev–Trinajstić information content (AvgIpc) is 2.68. The summed E-state index contributed by atoms with van der Waals surface area (Å²) in [6, 6.07) is 7.63. The predicted octanol–water partition coefficient (Wildman–Crippen LogP) is 2.89. The molecule has 0 bridgehead atoms. The molecule has 0 fully saturated rings. The first-order valence-corrected chi connectivity index (χ1v) is 8.25. The number of hydrogen-bond donors (Lipinski definition) is 1. The van der Waals surface area contributed by atoms with Crippen LogP contribution in [0.1, 0.15) is 16.8 Å². The zero-order valence-corrected chi connectivity index (χ0v) is 12.9. The van der Waals surface area contributed by atoms with Crippen LogP contribution in [0, 0.1) is 13.8 Å². The van der Waals surface area contributed by atoms with E-state index in [-0.39, 0.29) is 15.2 Å². The third kappa shape index (κ3) is 3.33. The number of rotatable bonds is 4. The van der Waals surface area contributed by atoms with Gasteiger partial charge in [-0.3, -0.25) is 0 Å². The van der Waals surface area contributed by atoms with Gasteiger partial charge in [-0.2, -0.15) is 0 Å². The third-order valence-corrected chi connectivity index (χ3v) is 5.96. The molecule has 1 aromatic carbocycles. The topological polar surface area (TPSA) is 59.1 Å². The number of nitrogens with zero attached hydrogens (tertiary/aromatic N) is 1. The van der Waals surface area contributed by atoms with Gasteiger partial charge in [-0.15, -0.1) is 0 Å². The zero-order valence-electron chi connectivity index (χ0n) is 10.5. The molecule has 0 radical (unpaired) electrons. The van der Waals surface area contributed by atoms with Crippen LogP contribution in [-0.2, 0) is 16.6 Å². The van der Waals surface area contributed by atoms with Crippen molar-refractivity contribution >= 4 is 33.0 Å². The van der Waals surface area contributed by atoms with E-state index in [1.165, 1.54) is 0 Å². The maximum atomic E-state index is 12.2. The summed E-state index contributed by atoms with van der Waals surface area (Å²) in [6.07, 6.45) is 0. The number of aromatic nitrogens is 1. The highest BCUT2D eigenvalue weighted by molar-refractivity contribution is 7.91. The summed E-state index contributed by atoms with van der Waals surface area (Å²) in [5, 5.41) is 0. The van der Waals surface area contributed by atoms with Gasteiger partial charge in [0.25, 0.3) is 10.0 Å². The summed E-state index contributed by atoms with van der Waals surface area (Å²) in [5.74, 6) is 0. The molecule has 1 aromatic heterocycles. The van der Waals surface area contributed by atoms with Gasteiger partial charge in [-0.05, 0) is 25.0 Å². The van der Waals surface area contributed by atoms with Crippen molar-refractivity contribution in [2.75, 3.05) is 0 Å². The molecule has 0 unspecified atom stereocenters. The predicted molar refractivity (Wildman–Crippen MR) is 77.1 cm³/mol. The minimum absolute atomic E-state index is 0.172. The Morgan fingerprint density at radius 2 is 2.00 bits per heavy atom. The Bertz CT molecular complexity index is 696. The second kappa shape index (κ2) is 5.58. The third-order valence-electron chi connectivity index (χ3n) is 2.69. The molecular formula is C12H13ClN2O2S2. The molecule has 0 spiro atoms. The fourth-order valence-corrected chi connectivity index (χ4v) is 4.43. The van der Waals surface area contributed by atoms with E-state index in [2.05, 4.69) is 9.71 Å². The van der Waals surface area contributed by atoms with Gasteiger partial charge in [-0.1, -0.05) is 47.2 Å². The molecule has 2 aromatic rings. The molecule has 4 nitrogen and oxygen atoms in total. The molecule has 1 heterocycles. The number of thiazole rings is 1. The lowest BCUT2D eigenvalue weighted by Crippen LogP contribution is -2.23. The van der Waals surface area contributed by atoms with E-state index in [9.17, 15) is 8.42 Å². The van der Waals surface area contributed by atoms with Crippen molar-refractivity contribution in [2.24, 2.45) is 0 Å². The lowest BCUT2D eigenvalue weighted by molar-refractivity contribution is 0.582. The number of hydrogen-bond acceptors (Lipinski definition) is 4. The van der Waals surface area contributed by atoms with Gasteiger partial charge in [0.2, 0.25) is 0 Å². The largest absolute Gasteiger partial charge is 0.252 e. The first-order chi connectivity index (χ1) is 8.90. The summed E-state index contributed by atoms with van der Waals surface area (Å²) in [7, 11) is -3.56. The first kappa shape index (κ1) is 14.5. The summed E-state index contributed by atoms with van der Waals surface area (Å²) in [4.78, 5) is 3.91. The number of aryl methyl sites for hydroxylation is 2. The quantitative estimate of drug-likeness (QED) is 0.943. The Labute approximate surface area is 121 Å². The molecule has 0 atom stereocenters. The van der Waals surface area contributed by atoms with Crippen molar-refractivity contribution in [2.45, 2.75) is 24.6 Å². The molecule has 0 aliphatic rings. The first-order valence-electron chi connectivity index (χ1n) is 5.57. The number of halogens is 1. The van der Waals surface area contributed by atoms with Crippen molar-refractivity contribution in [1.82, 2.24) is 9.71 Å². The van der Waals surface area contributed by atoms with Crippen LogP contribution in [0.2, 0.25) is 4.47 Å². The van der Waals surface area contributed by atoms with Gasteiger partial charge in [0.15, 0.2) is 8.68 Å². The normalized spacial score (nSPS) is 11.7. The molecular weight excluding hydrogens is 304 g/mol. The van der Waals surface area contributed by atoms with Crippen LogP contribution in [0.5, 0.6) is 0 Å². The smallest absolute Gasteiger partial charge is 0.229 e. The van der Waals surface area contributed by atoms with Crippen LogP contribution in [0.15, 0.2) is 28.5 Å². The lowest BCUT2D eigenvalue weighted by atomic mass is 10.1. The highest BCUT2D eigenvalue weighted by Crippen LogP contribution is 2.26. The van der Waals surface area contributed by atoms with Crippen LogP contribution < -0.4 is 4.72 Å². The van der Waals surface area contributed by atoms with Gasteiger partial charge < -0.3 is 0 Å². The molecule has 0 aliphatic heterocycles. The highest BCUT2D eigenvalue weighted by atomic mass is 35.5. The Morgan fingerprint density at radius 3 is 2.58 bits per heavy atom. The Balaban J connectivity index is 2.19. The van der Waals surface area contributed by atoms with E-state index in [0.717, 1.165) is 22.5 Å². The van der Waals surface area contributed by atoms with Crippen molar-refractivity contribution in [1.29, 1.82) is 0 Å². The van der Waals surface area contributed by atoms with Gasteiger partial charge in [0, 0.05) is 6.54 Å². The highest BCUT2D eigenvalue weighted by Gasteiger charge is 2.21. The van der Waals surface area contributed by atoms with Crippen molar-refractivity contribution < 1.29 is 8.42 Å². The minimum atomic E-state index is -3.56. The molecule has 1 N–H and O–H groups in total. The summed E-state index contributed by atoms with van der Waals surface area (Å²) in [6.45, 7) is 3.83. The van der Waals surface area contributed by atoms with Gasteiger partial charge in [0.05, 0.1) is 5.69 Å². The van der Waals surface area contributed by atoms with Crippen molar-refractivity contribution in [3.8, 4) is 0 Å². The van der Waals surface area contributed by atoms with E-state index in [0.29, 0.717) is 5.69 Å². The second-order valence-electron chi connectivity index (χ2n) is 4.09. The van der Waals surface area contributed by atoms with E-state index >= 15 is 0 Å². The Morgan fingerprint density at radius 1 is 1.32 bits per heavy atom. The number of nitrogens with one attached hydrogen (secondary N) is 1. The van der Waals surface area contributed by atoms with Crippen molar-refractivity contribution in [3.05, 3.63) is 45.6 Å². The van der Waals surface area contributed by atoms with E-state index in [1.54, 1.807) is 6.92 Å². The molecule has 0 amide bonds.